The van der Waals surface area contributed by atoms with Crippen molar-refractivity contribution in [2.45, 2.75) is 12.2 Å². The average Bonchev–Trinajstić information content (AvgIpc) is 2.30. The number of carbonyl (C=O) groups excluding carboxylic acids is 1. The van der Waals surface area contributed by atoms with Crippen LogP contribution in [0.15, 0.2) is 24.3 Å². The highest BCUT2D eigenvalue weighted by Crippen LogP contribution is 2.13. The maximum Gasteiger partial charge on any atom is 0.335 e. The minimum Gasteiger partial charge on any atom is -0.479 e. The van der Waals surface area contributed by atoms with Crippen molar-refractivity contribution >= 4 is 29.2 Å². The molecular formula is C10H10ClNO5. The minimum atomic E-state index is -2.16. The fourth-order valence-corrected chi connectivity index (χ4v) is 1.15. The third-order valence-corrected chi connectivity index (χ3v) is 2.18. The van der Waals surface area contributed by atoms with Crippen LogP contribution in [0.2, 0.25) is 5.02 Å². The van der Waals surface area contributed by atoms with Crippen LogP contribution in [-0.2, 0) is 9.59 Å². The number of nitrogens with one attached hydrogen (secondary N) is 1. The Morgan fingerprint density at radius 2 is 1.65 bits per heavy atom. The first-order valence-electron chi connectivity index (χ1n) is 4.57. The average molecular weight is 260 g/mol. The van der Waals surface area contributed by atoms with Gasteiger partial charge in [-0.2, -0.15) is 0 Å². The van der Waals surface area contributed by atoms with Gasteiger partial charge in [0.05, 0.1) is 0 Å². The Labute approximate surface area is 101 Å². The standard InChI is InChI=1S/C10H10ClNO5/c11-5-1-3-6(4-2-5)12-9(15)7(13)8(14)10(16)17/h1-4,7-8,13-14H,(H,12,15)(H,16,17). The van der Waals surface area contributed by atoms with Crippen molar-refractivity contribution in [3.8, 4) is 0 Å². The van der Waals surface area contributed by atoms with E-state index in [4.69, 9.17) is 21.8 Å². The number of halogens is 1. The van der Waals surface area contributed by atoms with Crippen LogP contribution in [0, 0.1) is 0 Å². The quantitative estimate of drug-likeness (QED) is 0.613. The molecule has 7 heteroatoms. The molecule has 1 aromatic rings. The molecule has 17 heavy (non-hydrogen) atoms. The second-order valence-electron chi connectivity index (χ2n) is 3.22. The maximum absolute atomic E-state index is 11.3. The van der Waals surface area contributed by atoms with Crippen LogP contribution in [0.25, 0.3) is 0 Å². The van der Waals surface area contributed by atoms with Crippen LogP contribution in [0.4, 0.5) is 5.69 Å². The molecule has 92 valence electrons. The second kappa shape index (κ2) is 5.62. The van der Waals surface area contributed by atoms with E-state index in [1.165, 1.54) is 24.3 Å². The fourth-order valence-electron chi connectivity index (χ4n) is 1.03. The summed E-state index contributed by atoms with van der Waals surface area (Å²) in [7, 11) is 0. The molecule has 0 radical (unpaired) electrons. The third-order valence-electron chi connectivity index (χ3n) is 1.93. The van der Waals surface area contributed by atoms with Crippen LogP contribution in [0.3, 0.4) is 0 Å². The maximum atomic E-state index is 11.3. The number of carbonyl (C=O) groups is 2. The van der Waals surface area contributed by atoms with E-state index < -0.39 is 24.1 Å². The molecule has 2 atom stereocenters. The number of hydrogen-bond donors (Lipinski definition) is 4. The van der Waals surface area contributed by atoms with Gasteiger partial charge in [0.25, 0.3) is 5.91 Å². The molecule has 1 rings (SSSR count). The largest absolute Gasteiger partial charge is 0.479 e. The molecule has 0 saturated carbocycles. The Morgan fingerprint density at radius 3 is 2.12 bits per heavy atom. The van der Waals surface area contributed by atoms with Crippen LogP contribution in [0.5, 0.6) is 0 Å². The summed E-state index contributed by atoms with van der Waals surface area (Å²) in [6.07, 6.45) is -4.20. The highest BCUT2D eigenvalue weighted by molar-refractivity contribution is 6.30. The lowest BCUT2D eigenvalue weighted by Gasteiger charge is -2.13. The Hall–Kier alpha value is -1.63. The molecule has 2 unspecified atom stereocenters. The number of aliphatic hydroxyl groups is 2. The second-order valence-corrected chi connectivity index (χ2v) is 3.66. The summed E-state index contributed by atoms with van der Waals surface area (Å²) < 4.78 is 0. The first-order valence-corrected chi connectivity index (χ1v) is 4.95. The van der Waals surface area contributed by atoms with Gasteiger partial charge in [0, 0.05) is 10.7 Å². The number of carboxylic acids is 1. The molecule has 0 fully saturated rings. The lowest BCUT2D eigenvalue weighted by molar-refractivity contribution is -0.156. The van der Waals surface area contributed by atoms with E-state index in [9.17, 15) is 14.7 Å². The summed E-state index contributed by atoms with van der Waals surface area (Å²) >= 11 is 5.62. The Kier molecular flexibility index (Phi) is 4.45. The van der Waals surface area contributed by atoms with E-state index in [-0.39, 0.29) is 0 Å². The van der Waals surface area contributed by atoms with E-state index in [1.54, 1.807) is 0 Å². The summed E-state index contributed by atoms with van der Waals surface area (Å²) in [5.74, 6) is -2.69. The number of rotatable bonds is 4. The van der Waals surface area contributed by atoms with Crippen molar-refractivity contribution in [1.29, 1.82) is 0 Å². The van der Waals surface area contributed by atoms with E-state index in [0.29, 0.717) is 10.7 Å². The SMILES string of the molecule is O=C(O)C(O)C(O)C(=O)Nc1ccc(Cl)cc1. The Morgan fingerprint density at radius 1 is 1.12 bits per heavy atom. The lowest BCUT2D eigenvalue weighted by Crippen LogP contribution is -2.42. The fraction of sp³-hybridized carbons (Fsp3) is 0.200. The molecular weight excluding hydrogens is 250 g/mol. The van der Waals surface area contributed by atoms with Crippen LogP contribution in [-0.4, -0.2) is 39.4 Å². The summed E-state index contributed by atoms with van der Waals surface area (Å²) in [5.41, 5.74) is 0.330. The van der Waals surface area contributed by atoms with Gasteiger partial charge in [0.1, 0.15) is 0 Å². The zero-order valence-electron chi connectivity index (χ0n) is 8.50. The highest BCUT2D eigenvalue weighted by Gasteiger charge is 2.29. The van der Waals surface area contributed by atoms with Gasteiger partial charge < -0.3 is 20.6 Å². The Bertz CT molecular complexity index is 419. The molecule has 4 N–H and O–H groups in total. The van der Waals surface area contributed by atoms with Gasteiger partial charge in [-0.1, -0.05) is 11.6 Å². The van der Waals surface area contributed by atoms with E-state index in [0.717, 1.165) is 0 Å². The molecule has 0 bridgehead atoms. The number of hydrogen-bond acceptors (Lipinski definition) is 4. The number of aliphatic hydroxyl groups excluding tert-OH is 2. The molecule has 0 aromatic heterocycles. The number of carboxylic acid groups (broad SMARTS) is 1. The normalized spacial score (nSPS) is 13.8. The van der Waals surface area contributed by atoms with Gasteiger partial charge in [0.15, 0.2) is 12.2 Å². The monoisotopic (exact) mass is 259 g/mol. The molecule has 0 aliphatic rings. The molecule has 0 aliphatic carbocycles. The predicted octanol–water partition coefficient (Wildman–Crippen LogP) is 0.0849. The number of benzene rings is 1. The van der Waals surface area contributed by atoms with Crippen molar-refractivity contribution in [2.75, 3.05) is 5.32 Å². The van der Waals surface area contributed by atoms with Gasteiger partial charge in [0.2, 0.25) is 0 Å². The molecule has 0 saturated heterocycles. The predicted molar refractivity (Wildman–Crippen MR) is 59.7 cm³/mol. The van der Waals surface area contributed by atoms with E-state index >= 15 is 0 Å². The minimum absolute atomic E-state index is 0.330. The van der Waals surface area contributed by atoms with Crippen molar-refractivity contribution in [1.82, 2.24) is 0 Å². The molecule has 6 nitrogen and oxygen atoms in total. The Balaban J connectivity index is 2.66. The number of anilines is 1. The summed E-state index contributed by atoms with van der Waals surface area (Å²) in [5, 5.41) is 29.3. The first kappa shape index (κ1) is 13.4. The van der Waals surface area contributed by atoms with Crippen molar-refractivity contribution in [2.24, 2.45) is 0 Å². The van der Waals surface area contributed by atoms with Crippen LogP contribution < -0.4 is 5.32 Å². The molecule has 0 spiro atoms. The summed E-state index contributed by atoms with van der Waals surface area (Å²) in [4.78, 5) is 21.7. The van der Waals surface area contributed by atoms with Gasteiger partial charge in [-0.25, -0.2) is 4.79 Å². The molecule has 0 heterocycles. The highest BCUT2D eigenvalue weighted by atomic mass is 35.5. The number of aliphatic carboxylic acids is 1. The van der Waals surface area contributed by atoms with E-state index in [1.807, 2.05) is 0 Å². The zero-order chi connectivity index (χ0) is 13.0. The van der Waals surface area contributed by atoms with Crippen molar-refractivity contribution < 1.29 is 24.9 Å². The van der Waals surface area contributed by atoms with Gasteiger partial charge in [-0.3, -0.25) is 4.79 Å². The summed E-state index contributed by atoms with van der Waals surface area (Å²) in [6, 6.07) is 5.97. The van der Waals surface area contributed by atoms with Crippen LogP contribution in [0.1, 0.15) is 0 Å². The zero-order valence-corrected chi connectivity index (χ0v) is 9.26. The molecule has 1 aromatic carbocycles. The van der Waals surface area contributed by atoms with Crippen molar-refractivity contribution in [3.05, 3.63) is 29.3 Å². The smallest absolute Gasteiger partial charge is 0.335 e. The topological polar surface area (TPSA) is 107 Å². The lowest BCUT2D eigenvalue weighted by atomic mass is 10.2. The first-order chi connectivity index (χ1) is 7.91. The third kappa shape index (κ3) is 3.70. The van der Waals surface area contributed by atoms with Crippen LogP contribution >= 0.6 is 11.6 Å². The van der Waals surface area contributed by atoms with Gasteiger partial charge >= 0.3 is 5.97 Å². The van der Waals surface area contributed by atoms with Crippen molar-refractivity contribution in [3.63, 3.8) is 0 Å². The summed E-state index contributed by atoms with van der Waals surface area (Å²) in [6.45, 7) is 0. The molecule has 1 amide bonds. The number of amides is 1. The van der Waals surface area contributed by atoms with Gasteiger partial charge in [-0.05, 0) is 24.3 Å². The van der Waals surface area contributed by atoms with E-state index in [2.05, 4.69) is 5.32 Å². The van der Waals surface area contributed by atoms with Gasteiger partial charge in [-0.15, -0.1) is 0 Å². The molecule has 0 aliphatic heterocycles.